The lowest BCUT2D eigenvalue weighted by Crippen LogP contribution is -2.18. The molecule has 3 N–H and O–H groups in total. The maximum Gasteiger partial charge on any atom is 0.259 e. The molecule has 7 heteroatoms. The number of thiophene rings is 1. The van der Waals surface area contributed by atoms with Crippen LogP contribution in [0.3, 0.4) is 0 Å². The van der Waals surface area contributed by atoms with Crippen molar-refractivity contribution in [1.29, 1.82) is 0 Å². The molecule has 0 saturated heterocycles. The third-order valence-corrected chi connectivity index (χ3v) is 4.62. The van der Waals surface area contributed by atoms with Crippen molar-refractivity contribution >= 4 is 28.2 Å². The van der Waals surface area contributed by atoms with Gasteiger partial charge in [0.2, 0.25) is 0 Å². The van der Waals surface area contributed by atoms with Crippen molar-refractivity contribution in [2.45, 2.75) is 19.3 Å². The molecule has 0 atom stereocenters. The number of halogens is 1. The predicted molar refractivity (Wildman–Crippen MR) is 77.0 cm³/mol. The zero-order valence-electron chi connectivity index (χ0n) is 11.0. The van der Waals surface area contributed by atoms with Gasteiger partial charge in [-0.25, -0.2) is 4.39 Å². The average Bonchev–Trinajstić information content (AvgIpc) is 2.98. The monoisotopic (exact) mass is 305 g/mol. The van der Waals surface area contributed by atoms with Gasteiger partial charge in [-0.1, -0.05) is 0 Å². The molecular weight excluding hydrogens is 293 g/mol. The first-order chi connectivity index (χ1) is 10.1. The molecule has 0 saturated carbocycles. The first-order valence-electron chi connectivity index (χ1n) is 6.43. The molecule has 2 heterocycles. The molecule has 0 aromatic carbocycles. The Labute approximate surface area is 124 Å². The summed E-state index contributed by atoms with van der Waals surface area (Å²) in [4.78, 5) is 28.4. The lowest BCUT2D eigenvalue weighted by Gasteiger charge is -2.06. The van der Waals surface area contributed by atoms with Crippen LogP contribution >= 0.6 is 11.3 Å². The fourth-order valence-corrected chi connectivity index (χ4v) is 3.77. The van der Waals surface area contributed by atoms with Crippen LogP contribution in [0.15, 0.2) is 18.5 Å². The molecule has 0 spiro atoms. The lowest BCUT2D eigenvalue weighted by atomic mass is 10.1. The Hall–Kier alpha value is -2.28. The Morgan fingerprint density at radius 1 is 1.38 bits per heavy atom. The normalized spacial score (nSPS) is 13.0. The molecule has 108 valence electrons. The van der Waals surface area contributed by atoms with Crippen molar-refractivity contribution in [1.82, 2.24) is 4.98 Å². The minimum atomic E-state index is -0.709. The SMILES string of the molecule is NC(=O)c1c(NC(=O)c2ccncc2F)sc2c1CCC2. The molecule has 0 aliphatic heterocycles. The first kappa shape index (κ1) is 13.7. The predicted octanol–water partition coefficient (Wildman–Crippen LogP) is 2.12. The number of amides is 2. The van der Waals surface area contributed by atoms with E-state index in [9.17, 15) is 14.0 Å². The van der Waals surface area contributed by atoms with Crippen molar-refractivity contribution in [3.05, 3.63) is 45.8 Å². The number of fused-ring (bicyclic) bond motifs is 1. The van der Waals surface area contributed by atoms with E-state index in [-0.39, 0.29) is 5.56 Å². The second kappa shape index (κ2) is 5.25. The van der Waals surface area contributed by atoms with E-state index in [4.69, 9.17) is 5.73 Å². The number of nitrogens with two attached hydrogens (primary N) is 1. The number of nitrogens with zero attached hydrogens (tertiary/aromatic N) is 1. The number of rotatable bonds is 3. The third kappa shape index (κ3) is 2.40. The summed E-state index contributed by atoms with van der Waals surface area (Å²) in [5, 5.41) is 2.99. The summed E-state index contributed by atoms with van der Waals surface area (Å²) < 4.78 is 13.6. The third-order valence-electron chi connectivity index (χ3n) is 3.41. The van der Waals surface area contributed by atoms with Crippen molar-refractivity contribution in [3.8, 4) is 0 Å². The van der Waals surface area contributed by atoms with Gasteiger partial charge in [-0.3, -0.25) is 14.6 Å². The summed E-state index contributed by atoms with van der Waals surface area (Å²) in [6, 6.07) is 1.29. The largest absolute Gasteiger partial charge is 0.365 e. The van der Waals surface area contributed by atoms with Gasteiger partial charge in [-0.05, 0) is 30.9 Å². The van der Waals surface area contributed by atoms with Gasteiger partial charge >= 0.3 is 0 Å². The maximum absolute atomic E-state index is 13.6. The van der Waals surface area contributed by atoms with Crippen LogP contribution in [-0.2, 0) is 12.8 Å². The number of hydrogen-bond donors (Lipinski definition) is 2. The zero-order valence-corrected chi connectivity index (χ0v) is 11.8. The fraction of sp³-hybridized carbons (Fsp3) is 0.214. The van der Waals surface area contributed by atoms with E-state index in [1.54, 1.807) is 0 Å². The van der Waals surface area contributed by atoms with E-state index in [1.165, 1.54) is 23.6 Å². The summed E-state index contributed by atoms with van der Waals surface area (Å²) in [7, 11) is 0. The smallest absolute Gasteiger partial charge is 0.259 e. The number of aromatic nitrogens is 1. The van der Waals surface area contributed by atoms with Crippen LogP contribution < -0.4 is 11.1 Å². The molecule has 1 aliphatic carbocycles. The molecular formula is C14H12FN3O2S. The minimum absolute atomic E-state index is 0.117. The van der Waals surface area contributed by atoms with Gasteiger partial charge in [0, 0.05) is 11.1 Å². The van der Waals surface area contributed by atoms with E-state index < -0.39 is 17.6 Å². The van der Waals surface area contributed by atoms with Gasteiger partial charge in [0.05, 0.1) is 17.3 Å². The Kier molecular flexibility index (Phi) is 3.42. The number of aryl methyl sites for hydroxylation is 1. The topological polar surface area (TPSA) is 85.1 Å². The van der Waals surface area contributed by atoms with Crippen LogP contribution in [-0.4, -0.2) is 16.8 Å². The van der Waals surface area contributed by atoms with Crippen molar-refractivity contribution < 1.29 is 14.0 Å². The van der Waals surface area contributed by atoms with E-state index >= 15 is 0 Å². The molecule has 21 heavy (non-hydrogen) atoms. The average molecular weight is 305 g/mol. The van der Waals surface area contributed by atoms with Crippen LogP contribution in [0.4, 0.5) is 9.39 Å². The molecule has 2 aromatic heterocycles. The Morgan fingerprint density at radius 3 is 2.90 bits per heavy atom. The number of hydrogen-bond acceptors (Lipinski definition) is 4. The number of nitrogens with one attached hydrogen (secondary N) is 1. The van der Waals surface area contributed by atoms with Gasteiger partial charge in [0.25, 0.3) is 11.8 Å². The van der Waals surface area contributed by atoms with Crippen molar-refractivity contribution in [2.75, 3.05) is 5.32 Å². The van der Waals surface area contributed by atoms with Crippen molar-refractivity contribution in [3.63, 3.8) is 0 Å². The molecule has 1 aliphatic rings. The standard InChI is InChI=1S/C14H12FN3O2S/c15-9-6-17-5-4-7(9)13(20)18-14-11(12(16)19)8-2-1-3-10(8)21-14/h4-6H,1-3H2,(H2,16,19)(H,18,20). The van der Waals surface area contributed by atoms with Crippen LogP contribution in [0.1, 0.15) is 37.6 Å². The van der Waals surface area contributed by atoms with Gasteiger partial charge < -0.3 is 11.1 Å². The van der Waals surface area contributed by atoms with E-state index in [0.717, 1.165) is 35.9 Å². The summed E-state index contributed by atoms with van der Waals surface area (Å²) in [5.74, 6) is -1.89. The molecule has 0 unspecified atom stereocenters. The Bertz CT molecular complexity index is 742. The Morgan fingerprint density at radius 2 is 2.19 bits per heavy atom. The number of primary amides is 1. The molecule has 0 bridgehead atoms. The van der Waals surface area contributed by atoms with Crippen LogP contribution in [0.25, 0.3) is 0 Å². The highest BCUT2D eigenvalue weighted by atomic mass is 32.1. The first-order valence-corrected chi connectivity index (χ1v) is 7.24. The number of carbonyl (C=O) groups excluding carboxylic acids is 2. The van der Waals surface area contributed by atoms with Crippen molar-refractivity contribution in [2.24, 2.45) is 5.73 Å². The number of carbonyl (C=O) groups is 2. The maximum atomic E-state index is 13.6. The van der Waals surface area contributed by atoms with Crippen LogP contribution in [0.2, 0.25) is 0 Å². The van der Waals surface area contributed by atoms with Gasteiger partial charge in [-0.15, -0.1) is 11.3 Å². The molecule has 5 nitrogen and oxygen atoms in total. The summed E-state index contributed by atoms with van der Waals surface area (Å²) >= 11 is 1.33. The molecule has 2 amide bonds. The molecule has 3 rings (SSSR count). The van der Waals surface area contributed by atoms with E-state index in [2.05, 4.69) is 10.3 Å². The summed E-state index contributed by atoms with van der Waals surface area (Å²) in [5.41, 5.74) is 6.56. The quantitative estimate of drug-likeness (QED) is 0.911. The highest BCUT2D eigenvalue weighted by Gasteiger charge is 2.26. The molecule has 0 fully saturated rings. The second-order valence-corrected chi connectivity index (χ2v) is 5.84. The van der Waals surface area contributed by atoms with Gasteiger partial charge in [0.15, 0.2) is 5.82 Å². The van der Waals surface area contributed by atoms with E-state index in [1.807, 2.05) is 0 Å². The van der Waals surface area contributed by atoms with Crippen LogP contribution in [0, 0.1) is 5.82 Å². The molecule has 2 aromatic rings. The second-order valence-electron chi connectivity index (χ2n) is 4.74. The minimum Gasteiger partial charge on any atom is -0.365 e. The zero-order chi connectivity index (χ0) is 15.0. The van der Waals surface area contributed by atoms with Gasteiger partial charge in [-0.2, -0.15) is 0 Å². The van der Waals surface area contributed by atoms with Gasteiger partial charge in [0.1, 0.15) is 5.00 Å². The number of anilines is 1. The Balaban J connectivity index is 1.94. The summed E-state index contributed by atoms with van der Waals surface area (Å²) in [6.07, 6.45) is 4.94. The fourth-order valence-electron chi connectivity index (χ4n) is 2.48. The number of pyridine rings is 1. The highest BCUT2D eigenvalue weighted by molar-refractivity contribution is 7.17. The highest BCUT2D eigenvalue weighted by Crippen LogP contribution is 2.39. The van der Waals surface area contributed by atoms with E-state index in [0.29, 0.717) is 10.6 Å². The summed E-state index contributed by atoms with van der Waals surface area (Å²) in [6.45, 7) is 0. The molecule has 0 radical (unpaired) electrons. The lowest BCUT2D eigenvalue weighted by molar-refractivity contribution is 0.100. The van der Waals surface area contributed by atoms with Crippen LogP contribution in [0.5, 0.6) is 0 Å².